The summed E-state index contributed by atoms with van der Waals surface area (Å²) in [6, 6.07) is 10.7. The third-order valence-electron chi connectivity index (χ3n) is 3.48. The fraction of sp³-hybridized carbons (Fsp3) is 0.278. The second-order valence-electron chi connectivity index (χ2n) is 5.37. The number of nitrogens with one attached hydrogen (secondary N) is 2. The fourth-order valence-electron chi connectivity index (χ4n) is 2.13. The van der Waals surface area contributed by atoms with Crippen LogP contribution in [-0.4, -0.2) is 24.2 Å². The van der Waals surface area contributed by atoms with Gasteiger partial charge in [-0.15, -0.1) is 11.3 Å². The average Bonchev–Trinajstić information content (AvgIpc) is 3.09. The lowest BCUT2D eigenvalue weighted by Gasteiger charge is -2.11. The van der Waals surface area contributed by atoms with E-state index < -0.39 is 11.8 Å². The van der Waals surface area contributed by atoms with E-state index in [9.17, 15) is 14.4 Å². The molecule has 2 N–H and O–H groups in total. The second-order valence-corrected chi connectivity index (χ2v) is 7.09. The van der Waals surface area contributed by atoms with Crippen LogP contribution in [0.25, 0.3) is 0 Å². The lowest BCUT2D eigenvalue weighted by molar-refractivity contribution is -0.130. The van der Waals surface area contributed by atoms with Crippen molar-refractivity contribution in [1.82, 2.24) is 10.9 Å². The Kier molecular flexibility index (Phi) is 7.62. The molecular formula is C18H19ClN2O4S. The summed E-state index contributed by atoms with van der Waals surface area (Å²) < 4.78 is 5.97. The zero-order valence-corrected chi connectivity index (χ0v) is 15.8. The van der Waals surface area contributed by atoms with Crippen molar-refractivity contribution in [2.24, 2.45) is 0 Å². The number of carbonyl (C=O) groups excluding carboxylic acids is 3. The van der Waals surface area contributed by atoms with E-state index in [4.69, 9.17) is 16.3 Å². The van der Waals surface area contributed by atoms with E-state index in [0.29, 0.717) is 15.0 Å². The Morgan fingerprint density at radius 2 is 1.77 bits per heavy atom. The van der Waals surface area contributed by atoms with Gasteiger partial charge in [0, 0.05) is 12.8 Å². The molecule has 26 heavy (non-hydrogen) atoms. The molecule has 0 unspecified atom stereocenters. The number of ketones is 1. The molecule has 0 radical (unpaired) electrons. The van der Waals surface area contributed by atoms with E-state index in [0.717, 1.165) is 12.0 Å². The minimum atomic E-state index is -0.486. The summed E-state index contributed by atoms with van der Waals surface area (Å²) in [7, 11) is 0. The molecule has 138 valence electrons. The van der Waals surface area contributed by atoms with E-state index in [2.05, 4.69) is 10.9 Å². The van der Waals surface area contributed by atoms with Crippen LogP contribution in [-0.2, 0) is 16.0 Å². The van der Waals surface area contributed by atoms with Gasteiger partial charge in [0.1, 0.15) is 5.75 Å². The van der Waals surface area contributed by atoms with Crippen molar-refractivity contribution in [3.8, 4) is 5.75 Å². The Morgan fingerprint density at radius 3 is 2.46 bits per heavy atom. The van der Waals surface area contributed by atoms with Gasteiger partial charge in [-0.2, -0.15) is 0 Å². The highest BCUT2D eigenvalue weighted by atomic mass is 35.5. The molecule has 6 nitrogen and oxygen atoms in total. The van der Waals surface area contributed by atoms with Crippen LogP contribution in [0.15, 0.2) is 36.4 Å². The average molecular weight is 395 g/mol. The molecular weight excluding hydrogens is 376 g/mol. The molecule has 1 aromatic carbocycles. The summed E-state index contributed by atoms with van der Waals surface area (Å²) in [6.45, 7) is 1.78. The SMILES string of the molecule is CCc1ccccc1OCC(=O)NNC(=O)CCC(=O)c1ccc(Cl)s1. The highest BCUT2D eigenvalue weighted by molar-refractivity contribution is 7.18. The predicted molar refractivity (Wildman–Crippen MR) is 100 cm³/mol. The number of Topliss-reactive ketones (excluding diaryl/α,β-unsaturated/α-hetero) is 1. The minimum Gasteiger partial charge on any atom is -0.483 e. The van der Waals surface area contributed by atoms with Crippen molar-refractivity contribution < 1.29 is 19.1 Å². The molecule has 0 spiro atoms. The van der Waals surface area contributed by atoms with Crippen molar-refractivity contribution in [2.75, 3.05) is 6.61 Å². The van der Waals surface area contributed by atoms with Crippen molar-refractivity contribution in [3.63, 3.8) is 0 Å². The van der Waals surface area contributed by atoms with Crippen molar-refractivity contribution >= 4 is 40.5 Å². The number of thiophene rings is 1. The smallest absolute Gasteiger partial charge is 0.276 e. The van der Waals surface area contributed by atoms with Gasteiger partial charge >= 0.3 is 0 Å². The largest absolute Gasteiger partial charge is 0.483 e. The van der Waals surface area contributed by atoms with E-state index >= 15 is 0 Å². The zero-order valence-electron chi connectivity index (χ0n) is 14.2. The molecule has 1 aromatic heterocycles. The number of carbonyl (C=O) groups is 3. The molecule has 0 bridgehead atoms. The Labute approximate surface area is 160 Å². The number of halogens is 1. The molecule has 8 heteroatoms. The summed E-state index contributed by atoms with van der Waals surface area (Å²) >= 11 is 6.94. The van der Waals surface area contributed by atoms with Crippen LogP contribution < -0.4 is 15.6 Å². The molecule has 2 aromatic rings. The molecule has 0 aliphatic heterocycles. The predicted octanol–water partition coefficient (Wildman–Crippen LogP) is 3.15. The van der Waals surface area contributed by atoms with Gasteiger partial charge in [-0.25, -0.2) is 0 Å². The van der Waals surface area contributed by atoms with Gasteiger partial charge in [-0.05, 0) is 30.2 Å². The number of hydrazine groups is 1. The first-order valence-corrected chi connectivity index (χ1v) is 9.26. The van der Waals surface area contributed by atoms with Crippen LogP contribution >= 0.6 is 22.9 Å². The summed E-state index contributed by atoms with van der Waals surface area (Å²) in [5, 5.41) is 0. The molecule has 0 saturated carbocycles. The topological polar surface area (TPSA) is 84.5 Å². The highest BCUT2D eigenvalue weighted by Crippen LogP contribution is 2.22. The first kappa shape index (κ1) is 19.9. The van der Waals surface area contributed by atoms with E-state index in [1.54, 1.807) is 18.2 Å². The van der Waals surface area contributed by atoms with E-state index in [1.807, 2.05) is 25.1 Å². The van der Waals surface area contributed by atoms with Gasteiger partial charge in [0.2, 0.25) is 5.91 Å². The van der Waals surface area contributed by atoms with E-state index in [-0.39, 0.29) is 25.2 Å². The van der Waals surface area contributed by atoms with Gasteiger partial charge in [-0.3, -0.25) is 25.2 Å². The third kappa shape index (κ3) is 6.16. The van der Waals surface area contributed by atoms with Gasteiger partial charge in [0.25, 0.3) is 5.91 Å². The van der Waals surface area contributed by atoms with E-state index in [1.165, 1.54) is 11.3 Å². The van der Waals surface area contributed by atoms with Crippen LogP contribution in [0.2, 0.25) is 4.34 Å². The number of para-hydroxylation sites is 1. The molecule has 0 aliphatic rings. The van der Waals surface area contributed by atoms with Gasteiger partial charge < -0.3 is 4.74 Å². The number of hydrogen-bond donors (Lipinski definition) is 2. The van der Waals surface area contributed by atoms with Crippen LogP contribution in [0.3, 0.4) is 0 Å². The number of aryl methyl sites for hydroxylation is 1. The van der Waals surface area contributed by atoms with Crippen molar-refractivity contribution in [2.45, 2.75) is 26.2 Å². The molecule has 0 fully saturated rings. The normalized spacial score (nSPS) is 10.2. The maximum Gasteiger partial charge on any atom is 0.276 e. The van der Waals surface area contributed by atoms with Gasteiger partial charge in [0.15, 0.2) is 12.4 Å². The fourth-order valence-corrected chi connectivity index (χ4v) is 3.14. The number of hydrogen-bond acceptors (Lipinski definition) is 5. The highest BCUT2D eigenvalue weighted by Gasteiger charge is 2.12. The first-order chi connectivity index (χ1) is 12.5. The van der Waals surface area contributed by atoms with Crippen LogP contribution in [0.1, 0.15) is 35.0 Å². The minimum absolute atomic E-state index is 0.0336. The Balaban J connectivity index is 1.68. The maximum atomic E-state index is 11.9. The zero-order chi connectivity index (χ0) is 18.9. The lowest BCUT2D eigenvalue weighted by Crippen LogP contribution is -2.43. The Bertz CT molecular complexity index is 791. The molecule has 2 amide bonds. The quantitative estimate of drug-likeness (QED) is 0.532. The second kappa shape index (κ2) is 9.94. The molecule has 1 heterocycles. The standard InChI is InChI=1S/C18H19ClN2O4S/c1-2-12-5-3-4-6-14(12)25-11-18(24)21-20-17(23)10-7-13(22)15-8-9-16(19)26-15/h3-6,8-9H,2,7,10-11H2,1H3,(H,20,23)(H,21,24). The van der Waals surface area contributed by atoms with Gasteiger partial charge in [0.05, 0.1) is 9.21 Å². The molecule has 0 atom stereocenters. The Hall–Kier alpha value is -2.38. The number of benzene rings is 1. The monoisotopic (exact) mass is 394 g/mol. The Morgan fingerprint density at radius 1 is 1.04 bits per heavy atom. The van der Waals surface area contributed by atoms with Crippen LogP contribution in [0, 0.1) is 0 Å². The number of amides is 2. The lowest BCUT2D eigenvalue weighted by atomic mass is 10.1. The molecule has 0 aliphatic carbocycles. The van der Waals surface area contributed by atoms with Gasteiger partial charge in [-0.1, -0.05) is 36.7 Å². The van der Waals surface area contributed by atoms with Crippen LogP contribution in [0.5, 0.6) is 5.75 Å². The number of rotatable bonds is 8. The first-order valence-electron chi connectivity index (χ1n) is 8.06. The van der Waals surface area contributed by atoms with Crippen molar-refractivity contribution in [3.05, 3.63) is 51.2 Å². The molecule has 2 rings (SSSR count). The molecule has 0 saturated heterocycles. The van der Waals surface area contributed by atoms with Crippen molar-refractivity contribution in [1.29, 1.82) is 0 Å². The summed E-state index contributed by atoms with van der Waals surface area (Å²) in [5.74, 6) is -0.469. The summed E-state index contributed by atoms with van der Waals surface area (Å²) in [5.41, 5.74) is 5.53. The third-order valence-corrected chi connectivity index (χ3v) is 4.75. The summed E-state index contributed by atoms with van der Waals surface area (Å²) in [4.78, 5) is 35.9. The maximum absolute atomic E-state index is 11.9. The van der Waals surface area contributed by atoms with Crippen LogP contribution in [0.4, 0.5) is 0 Å². The number of ether oxygens (including phenoxy) is 1. The summed E-state index contributed by atoms with van der Waals surface area (Å²) in [6.07, 6.45) is 0.797.